The highest BCUT2D eigenvalue weighted by Gasteiger charge is 2.11. The minimum atomic E-state index is 0.287. The molecule has 0 saturated carbocycles. The molecule has 0 aliphatic heterocycles. The number of hydrogen-bond acceptors (Lipinski definition) is 3. The van der Waals surface area contributed by atoms with Crippen LogP contribution in [-0.2, 0) is 6.42 Å². The molecule has 0 radical (unpaired) electrons. The Balaban J connectivity index is 1.85. The molecule has 3 nitrogen and oxygen atoms in total. The Morgan fingerprint density at radius 2 is 1.89 bits per heavy atom. The van der Waals surface area contributed by atoms with Crippen LogP contribution >= 0.6 is 0 Å². The van der Waals surface area contributed by atoms with Crippen LogP contribution in [0, 0.1) is 13.8 Å². The first-order valence-electron chi connectivity index (χ1n) is 6.64. The lowest BCUT2D eigenvalue weighted by Crippen LogP contribution is -2.21. The van der Waals surface area contributed by atoms with Crippen molar-refractivity contribution in [3.8, 4) is 5.75 Å². The van der Waals surface area contributed by atoms with Crippen molar-refractivity contribution < 1.29 is 9.52 Å². The molecule has 1 unspecified atom stereocenters. The van der Waals surface area contributed by atoms with Gasteiger partial charge in [-0.1, -0.05) is 12.1 Å². The molecule has 0 spiro atoms. The predicted octanol–water partition coefficient (Wildman–Crippen LogP) is 3.50. The van der Waals surface area contributed by atoms with Gasteiger partial charge in [0, 0.05) is 11.6 Å². The van der Waals surface area contributed by atoms with E-state index in [1.165, 1.54) is 11.1 Å². The summed E-state index contributed by atoms with van der Waals surface area (Å²) < 4.78 is 5.55. The first-order chi connectivity index (χ1) is 9.06. The molecule has 2 aromatic rings. The van der Waals surface area contributed by atoms with Crippen molar-refractivity contribution in [3.05, 3.63) is 53.0 Å². The molecular weight excluding hydrogens is 238 g/mol. The zero-order valence-corrected chi connectivity index (χ0v) is 11.7. The number of hydrogen-bond donors (Lipinski definition) is 2. The van der Waals surface area contributed by atoms with E-state index in [1.807, 2.05) is 26.0 Å². The molecule has 1 aromatic carbocycles. The Morgan fingerprint density at radius 1 is 1.21 bits per heavy atom. The lowest BCUT2D eigenvalue weighted by atomic mass is 10.1. The molecule has 0 bridgehead atoms. The molecule has 1 aromatic heterocycles. The van der Waals surface area contributed by atoms with Crippen molar-refractivity contribution in [2.24, 2.45) is 0 Å². The van der Waals surface area contributed by atoms with Crippen molar-refractivity contribution in [2.75, 3.05) is 6.54 Å². The summed E-state index contributed by atoms with van der Waals surface area (Å²) in [5.41, 5.74) is 2.45. The Bertz CT molecular complexity index is 528. The van der Waals surface area contributed by atoms with E-state index in [0.29, 0.717) is 5.75 Å². The summed E-state index contributed by atoms with van der Waals surface area (Å²) in [6.45, 7) is 7.02. The van der Waals surface area contributed by atoms with Crippen molar-refractivity contribution in [1.29, 1.82) is 0 Å². The van der Waals surface area contributed by atoms with E-state index >= 15 is 0 Å². The molecule has 3 heteroatoms. The molecule has 2 rings (SSSR count). The highest BCUT2D eigenvalue weighted by molar-refractivity contribution is 5.26. The standard InChI is InChI=1S/C16H21NO2/c1-11-10-16(13(3)19-11)12(2)17-9-8-14-4-6-15(18)7-5-14/h4-7,10,12,17-18H,8-9H2,1-3H3. The van der Waals surface area contributed by atoms with Gasteiger partial charge in [0.15, 0.2) is 0 Å². The van der Waals surface area contributed by atoms with Crippen LogP contribution in [0.15, 0.2) is 34.7 Å². The van der Waals surface area contributed by atoms with E-state index in [2.05, 4.69) is 18.3 Å². The van der Waals surface area contributed by atoms with Crippen molar-refractivity contribution in [1.82, 2.24) is 5.32 Å². The molecule has 0 saturated heterocycles. The second-order valence-electron chi connectivity index (χ2n) is 4.96. The van der Waals surface area contributed by atoms with Crippen molar-refractivity contribution in [3.63, 3.8) is 0 Å². The monoisotopic (exact) mass is 259 g/mol. The number of aromatic hydroxyl groups is 1. The number of phenols is 1. The predicted molar refractivity (Wildman–Crippen MR) is 76.4 cm³/mol. The lowest BCUT2D eigenvalue weighted by molar-refractivity contribution is 0.475. The molecule has 0 aliphatic carbocycles. The number of nitrogens with one attached hydrogen (secondary N) is 1. The number of phenolic OH excluding ortho intramolecular Hbond substituents is 1. The second-order valence-corrected chi connectivity index (χ2v) is 4.96. The lowest BCUT2D eigenvalue weighted by Gasteiger charge is -2.13. The highest BCUT2D eigenvalue weighted by Crippen LogP contribution is 2.21. The summed E-state index contributed by atoms with van der Waals surface area (Å²) >= 11 is 0. The fourth-order valence-corrected chi connectivity index (χ4v) is 2.29. The van der Waals surface area contributed by atoms with Crippen LogP contribution in [0.4, 0.5) is 0 Å². The smallest absolute Gasteiger partial charge is 0.115 e. The minimum absolute atomic E-state index is 0.287. The van der Waals surface area contributed by atoms with Gasteiger partial charge in [0.25, 0.3) is 0 Å². The maximum absolute atomic E-state index is 9.23. The van der Waals surface area contributed by atoms with Crippen LogP contribution in [-0.4, -0.2) is 11.7 Å². The van der Waals surface area contributed by atoms with Crippen LogP contribution in [0.2, 0.25) is 0 Å². The molecule has 19 heavy (non-hydrogen) atoms. The van der Waals surface area contributed by atoms with Crippen LogP contribution in [0.3, 0.4) is 0 Å². The van der Waals surface area contributed by atoms with E-state index in [9.17, 15) is 5.11 Å². The largest absolute Gasteiger partial charge is 0.508 e. The second kappa shape index (κ2) is 5.93. The Morgan fingerprint density at radius 3 is 2.47 bits per heavy atom. The van der Waals surface area contributed by atoms with E-state index < -0.39 is 0 Å². The summed E-state index contributed by atoms with van der Waals surface area (Å²) in [6.07, 6.45) is 0.945. The van der Waals surface area contributed by atoms with Crippen LogP contribution in [0.5, 0.6) is 5.75 Å². The van der Waals surface area contributed by atoms with Crippen molar-refractivity contribution >= 4 is 0 Å². The average molecular weight is 259 g/mol. The molecule has 1 atom stereocenters. The van der Waals surface area contributed by atoms with Gasteiger partial charge >= 0.3 is 0 Å². The Kier molecular flexibility index (Phi) is 4.27. The molecule has 2 N–H and O–H groups in total. The average Bonchev–Trinajstić information content (AvgIpc) is 2.71. The van der Waals surface area contributed by atoms with Crippen LogP contribution < -0.4 is 5.32 Å². The third-order valence-corrected chi connectivity index (χ3v) is 3.35. The summed E-state index contributed by atoms with van der Waals surface area (Å²) in [5.74, 6) is 2.26. The SMILES string of the molecule is Cc1cc(C(C)NCCc2ccc(O)cc2)c(C)o1. The molecule has 0 aliphatic rings. The number of benzene rings is 1. The first kappa shape index (κ1) is 13.7. The van der Waals surface area contributed by atoms with Gasteiger partial charge in [0.1, 0.15) is 17.3 Å². The molecule has 0 amide bonds. The Labute approximate surface area is 114 Å². The first-order valence-corrected chi connectivity index (χ1v) is 6.64. The number of furan rings is 1. The zero-order valence-electron chi connectivity index (χ0n) is 11.7. The maximum atomic E-state index is 9.23. The van der Waals surface area contributed by atoms with Crippen LogP contribution in [0.25, 0.3) is 0 Å². The van der Waals surface area contributed by atoms with Crippen LogP contribution in [0.1, 0.15) is 35.6 Å². The summed E-state index contributed by atoms with van der Waals surface area (Å²) in [4.78, 5) is 0. The topological polar surface area (TPSA) is 45.4 Å². The zero-order chi connectivity index (χ0) is 13.8. The van der Waals surface area contributed by atoms with Gasteiger partial charge in [-0.2, -0.15) is 0 Å². The molecule has 1 heterocycles. The number of rotatable bonds is 5. The third kappa shape index (κ3) is 3.61. The normalized spacial score (nSPS) is 12.6. The fraction of sp³-hybridized carbons (Fsp3) is 0.375. The van der Waals surface area contributed by atoms with E-state index in [-0.39, 0.29) is 6.04 Å². The number of aryl methyl sites for hydroxylation is 2. The van der Waals surface area contributed by atoms with Gasteiger partial charge in [-0.3, -0.25) is 0 Å². The van der Waals surface area contributed by atoms with Gasteiger partial charge in [-0.15, -0.1) is 0 Å². The third-order valence-electron chi connectivity index (χ3n) is 3.35. The quantitative estimate of drug-likeness (QED) is 0.864. The molecular formula is C16H21NO2. The molecule has 0 fully saturated rings. The van der Waals surface area contributed by atoms with Gasteiger partial charge in [-0.05, 0) is 57.5 Å². The Hall–Kier alpha value is -1.74. The minimum Gasteiger partial charge on any atom is -0.508 e. The van der Waals surface area contributed by atoms with E-state index in [1.54, 1.807) is 12.1 Å². The van der Waals surface area contributed by atoms with E-state index in [4.69, 9.17) is 4.42 Å². The van der Waals surface area contributed by atoms with Crippen molar-refractivity contribution in [2.45, 2.75) is 33.2 Å². The fourth-order valence-electron chi connectivity index (χ4n) is 2.29. The summed E-state index contributed by atoms with van der Waals surface area (Å²) in [6, 6.07) is 9.73. The molecule has 102 valence electrons. The van der Waals surface area contributed by atoms with Gasteiger partial charge in [0.2, 0.25) is 0 Å². The maximum Gasteiger partial charge on any atom is 0.115 e. The van der Waals surface area contributed by atoms with E-state index in [0.717, 1.165) is 24.5 Å². The highest BCUT2D eigenvalue weighted by atomic mass is 16.3. The van der Waals surface area contributed by atoms with Gasteiger partial charge in [-0.25, -0.2) is 0 Å². The summed E-state index contributed by atoms with van der Waals surface area (Å²) in [5, 5.41) is 12.7. The van der Waals surface area contributed by atoms with Gasteiger partial charge < -0.3 is 14.8 Å². The summed E-state index contributed by atoms with van der Waals surface area (Å²) in [7, 11) is 0. The van der Waals surface area contributed by atoms with Gasteiger partial charge in [0.05, 0.1) is 0 Å².